The minimum atomic E-state index is 0.713. The van der Waals surface area contributed by atoms with Crippen LogP contribution in [0.3, 0.4) is 0 Å². The fraction of sp³-hybridized carbons (Fsp3) is 1.00. The largest absolute Gasteiger partial charge is 0.315 e. The van der Waals surface area contributed by atoms with Gasteiger partial charge in [0.1, 0.15) is 0 Å². The van der Waals surface area contributed by atoms with E-state index in [2.05, 4.69) is 26.1 Å². The second-order valence-corrected chi connectivity index (χ2v) is 2.25. The van der Waals surface area contributed by atoms with Crippen LogP contribution in [0.25, 0.3) is 0 Å². The maximum atomic E-state index is 3.35. The molecule has 0 bridgehead atoms. The third-order valence-corrected chi connectivity index (χ3v) is 1.27. The quantitative estimate of drug-likeness (QED) is 0.641. The molecule has 0 aromatic heterocycles. The summed E-state index contributed by atoms with van der Waals surface area (Å²) in [7, 11) is 0. The molecule has 1 atom stereocenters. The van der Waals surface area contributed by atoms with E-state index in [4.69, 9.17) is 0 Å². The van der Waals surface area contributed by atoms with E-state index in [1.165, 1.54) is 12.8 Å². The van der Waals surface area contributed by atoms with Crippen molar-refractivity contribution in [1.29, 1.82) is 0 Å². The molecule has 0 saturated heterocycles. The van der Waals surface area contributed by atoms with E-state index >= 15 is 0 Å². The van der Waals surface area contributed by atoms with Crippen LogP contribution in [0, 0.1) is 0 Å². The van der Waals surface area contributed by atoms with Gasteiger partial charge < -0.3 is 5.32 Å². The van der Waals surface area contributed by atoms with E-state index in [-0.39, 0.29) is 0 Å². The van der Waals surface area contributed by atoms with E-state index in [1.807, 2.05) is 13.8 Å². The zero-order valence-electron chi connectivity index (χ0n) is 8.20. The Bertz CT molecular complexity index is 38.0. The maximum Gasteiger partial charge on any atom is 0.00385 e. The topological polar surface area (TPSA) is 12.0 Å². The highest BCUT2D eigenvalue weighted by Crippen LogP contribution is 1.92. The summed E-state index contributed by atoms with van der Waals surface area (Å²) in [4.78, 5) is 0. The molecule has 10 heavy (non-hydrogen) atoms. The van der Waals surface area contributed by atoms with Crippen LogP contribution in [0.2, 0.25) is 0 Å². The van der Waals surface area contributed by atoms with Gasteiger partial charge in [-0.1, -0.05) is 34.1 Å². The molecular weight excluding hydrogens is 122 g/mol. The molecule has 1 N–H and O–H groups in total. The van der Waals surface area contributed by atoms with E-state index in [1.54, 1.807) is 0 Å². The summed E-state index contributed by atoms with van der Waals surface area (Å²) in [6, 6.07) is 0.713. The van der Waals surface area contributed by atoms with Crippen molar-refractivity contribution in [2.24, 2.45) is 0 Å². The Balaban J connectivity index is 0. The van der Waals surface area contributed by atoms with E-state index < -0.39 is 0 Å². The fourth-order valence-electron chi connectivity index (χ4n) is 0.884. The first kappa shape index (κ1) is 12.6. The summed E-state index contributed by atoms with van der Waals surface area (Å²) in [6.45, 7) is 11.7. The van der Waals surface area contributed by atoms with Gasteiger partial charge in [0.15, 0.2) is 0 Å². The van der Waals surface area contributed by atoms with Crippen LogP contribution in [-0.2, 0) is 0 Å². The summed E-state index contributed by atoms with van der Waals surface area (Å²) < 4.78 is 0. The first-order chi connectivity index (χ1) is 4.81. The van der Waals surface area contributed by atoms with E-state index in [9.17, 15) is 0 Å². The molecule has 0 heterocycles. The maximum absolute atomic E-state index is 3.35. The first-order valence-corrected chi connectivity index (χ1v) is 4.54. The molecule has 0 amide bonds. The minimum Gasteiger partial charge on any atom is -0.315 e. The highest BCUT2D eigenvalue weighted by Gasteiger charge is 1.93. The lowest BCUT2D eigenvalue weighted by Crippen LogP contribution is -2.24. The third kappa shape index (κ3) is 10.9. The van der Waals surface area contributed by atoms with Gasteiger partial charge in [-0.2, -0.15) is 0 Å². The number of hydrogen-bond donors (Lipinski definition) is 1. The van der Waals surface area contributed by atoms with Crippen molar-refractivity contribution in [2.75, 3.05) is 6.54 Å². The van der Waals surface area contributed by atoms with Crippen molar-refractivity contribution in [2.45, 2.75) is 53.5 Å². The molecule has 0 aliphatic carbocycles. The predicted octanol–water partition coefficient (Wildman–Crippen LogP) is 2.81. The SMILES string of the molecule is CC.CCCC(C)NCC. The van der Waals surface area contributed by atoms with E-state index in [0.29, 0.717) is 6.04 Å². The fourth-order valence-corrected chi connectivity index (χ4v) is 0.884. The number of nitrogens with one attached hydrogen (secondary N) is 1. The molecule has 0 saturated carbocycles. The average molecular weight is 145 g/mol. The lowest BCUT2D eigenvalue weighted by Gasteiger charge is -2.08. The van der Waals surface area contributed by atoms with Crippen molar-refractivity contribution >= 4 is 0 Å². The van der Waals surface area contributed by atoms with Crippen molar-refractivity contribution in [1.82, 2.24) is 5.32 Å². The molecule has 0 fully saturated rings. The zero-order valence-corrected chi connectivity index (χ0v) is 8.20. The van der Waals surface area contributed by atoms with Gasteiger partial charge in [-0.05, 0) is 19.9 Å². The van der Waals surface area contributed by atoms with Crippen molar-refractivity contribution in [3.8, 4) is 0 Å². The van der Waals surface area contributed by atoms with Gasteiger partial charge in [-0.3, -0.25) is 0 Å². The van der Waals surface area contributed by atoms with Crippen LogP contribution in [0.4, 0.5) is 0 Å². The molecule has 0 aromatic carbocycles. The van der Waals surface area contributed by atoms with Crippen molar-refractivity contribution in [3.05, 3.63) is 0 Å². The molecule has 1 heteroatoms. The standard InChI is InChI=1S/C7H17N.C2H6/c1-4-6-7(3)8-5-2;1-2/h7-8H,4-6H2,1-3H3;1-2H3. The summed E-state index contributed by atoms with van der Waals surface area (Å²) >= 11 is 0. The second-order valence-electron chi connectivity index (χ2n) is 2.25. The Morgan fingerprint density at radius 3 is 2.00 bits per heavy atom. The number of rotatable bonds is 4. The lowest BCUT2D eigenvalue weighted by atomic mass is 10.2. The van der Waals surface area contributed by atoms with Crippen LogP contribution in [-0.4, -0.2) is 12.6 Å². The van der Waals surface area contributed by atoms with Gasteiger partial charge in [0.05, 0.1) is 0 Å². The van der Waals surface area contributed by atoms with Gasteiger partial charge in [0.2, 0.25) is 0 Å². The molecule has 0 aliphatic heterocycles. The molecular formula is C9H23N. The van der Waals surface area contributed by atoms with Gasteiger partial charge in [0, 0.05) is 6.04 Å². The van der Waals surface area contributed by atoms with Crippen LogP contribution in [0.15, 0.2) is 0 Å². The Morgan fingerprint density at radius 1 is 1.20 bits per heavy atom. The van der Waals surface area contributed by atoms with Gasteiger partial charge >= 0.3 is 0 Å². The Morgan fingerprint density at radius 2 is 1.70 bits per heavy atom. The highest BCUT2D eigenvalue weighted by molar-refractivity contribution is 4.55. The highest BCUT2D eigenvalue weighted by atomic mass is 14.9. The average Bonchev–Trinajstić information content (AvgIpc) is 1.93. The summed E-state index contributed by atoms with van der Waals surface area (Å²) in [5, 5.41) is 3.35. The minimum absolute atomic E-state index is 0.713. The Kier molecular flexibility index (Phi) is 14.8. The zero-order chi connectivity index (χ0) is 8.41. The first-order valence-electron chi connectivity index (χ1n) is 4.54. The van der Waals surface area contributed by atoms with Gasteiger partial charge in [0.25, 0.3) is 0 Å². The summed E-state index contributed by atoms with van der Waals surface area (Å²) in [5.41, 5.74) is 0. The van der Waals surface area contributed by atoms with Crippen molar-refractivity contribution < 1.29 is 0 Å². The monoisotopic (exact) mass is 145 g/mol. The smallest absolute Gasteiger partial charge is 0.00385 e. The molecule has 0 radical (unpaired) electrons. The van der Waals surface area contributed by atoms with Crippen LogP contribution in [0.1, 0.15) is 47.5 Å². The van der Waals surface area contributed by atoms with Gasteiger partial charge in [-0.25, -0.2) is 0 Å². The summed E-state index contributed by atoms with van der Waals surface area (Å²) in [6.07, 6.45) is 2.59. The van der Waals surface area contributed by atoms with Crippen LogP contribution in [0.5, 0.6) is 0 Å². The third-order valence-electron chi connectivity index (χ3n) is 1.27. The molecule has 64 valence electrons. The number of hydrogen-bond acceptors (Lipinski definition) is 1. The summed E-state index contributed by atoms with van der Waals surface area (Å²) in [5.74, 6) is 0. The molecule has 0 rings (SSSR count). The van der Waals surface area contributed by atoms with Crippen LogP contribution >= 0.6 is 0 Å². The predicted molar refractivity (Wildman–Crippen MR) is 49.4 cm³/mol. The normalized spacial score (nSPS) is 11.7. The molecule has 1 unspecified atom stereocenters. The Labute approximate surface area is 66.2 Å². The molecule has 0 spiro atoms. The van der Waals surface area contributed by atoms with Crippen molar-refractivity contribution in [3.63, 3.8) is 0 Å². The molecule has 0 aliphatic rings. The Hall–Kier alpha value is -0.0400. The lowest BCUT2D eigenvalue weighted by molar-refractivity contribution is 0.524. The molecule has 1 nitrogen and oxygen atoms in total. The second kappa shape index (κ2) is 11.7. The van der Waals surface area contributed by atoms with Gasteiger partial charge in [-0.15, -0.1) is 0 Å². The molecule has 0 aromatic rings. The van der Waals surface area contributed by atoms with E-state index in [0.717, 1.165) is 6.54 Å². The van der Waals surface area contributed by atoms with Crippen LogP contribution < -0.4 is 5.32 Å².